The molecular formula is C19H24N2O2. The van der Waals surface area contributed by atoms with Gasteiger partial charge in [-0.15, -0.1) is 0 Å². The van der Waals surface area contributed by atoms with E-state index < -0.39 is 0 Å². The Morgan fingerprint density at radius 3 is 2.65 bits per heavy atom. The van der Waals surface area contributed by atoms with Gasteiger partial charge in [-0.1, -0.05) is 30.3 Å². The molecule has 1 aromatic carbocycles. The van der Waals surface area contributed by atoms with Gasteiger partial charge >= 0.3 is 0 Å². The number of nitrogens with zero attached hydrogens (tertiary/aromatic N) is 1. The Balaban J connectivity index is 1.56. The Bertz CT molecular complexity index is 661. The fraction of sp³-hybridized carbons (Fsp3) is 0.421. The Morgan fingerprint density at radius 2 is 1.87 bits per heavy atom. The minimum atomic E-state index is -0.000823. The molecule has 0 bridgehead atoms. The predicted molar refractivity (Wildman–Crippen MR) is 92.1 cm³/mol. The van der Waals surface area contributed by atoms with E-state index in [-0.39, 0.29) is 11.6 Å². The third kappa shape index (κ3) is 4.23. The molecule has 0 unspecified atom stereocenters. The molecule has 1 fully saturated rings. The van der Waals surface area contributed by atoms with E-state index in [9.17, 15) is 4.79 Å². The van der Waals surface area contributed by atoms with Gasteiger partial charge in [0.25, 0.3) is 5.56 Å². The van der Waals surface area contributed by atoms with Gasteiger partial charge in [-0.2, -0.15) is 0 Å². The topological polar surface area (TPSA) is 43.3 Å². The second-order valence-electron chi connectivity index (χ2n) is 6.00. The third-order valence-electron chi connectivity index (χ3n) is 4.35. The first-order valence-corrected chi connectivity index (χ1v) is 8.43. The van der Waals surface area contributed by atoms with Crippen molar-refractivity contribution in [1.82, 2.24) is 9.88 Å². The van der Waals surface area contributed by atoms with Crippen molar-refractivity contribution in [2.24, 2.45) is 0 Å². The maximum Gasteiger partial charge on any atom is 0.293 e. The Hall–Kier alpha value is -2.07. The van der Waals surface area contributed by atoms with Crippen LogP contribution in [0.4, 0.5) is 0 Å². The molecule has 2 aromatic rings. The maximum atomic E-state index is 12.5. The van der Waals surface area contributed by atoms with E-state index in [0.29, 0.717) is 12.4 Å². The quantitative estimate of drug-likeness (QED) is 0.834. The van der Waals surface area contributed by atoms with Gasteiger partial charge in [-0.3, -0.25) is 4.79 Å². The van der Waals surface area contributed by atoms with Crippen LogP contribution in [-0.4, -0.2) is 24.3 Å². The largest absolute Gasteiger partial charge is 0.488 e. The number of ether oxygens (including phenoxy) is 1. The maximum absolute atomic E-state index is 12.5. The van der Waals surface area contributed by atoms with Crippen LogP contribution in [0, 0.1) is 0 Å². The average molecular weight is 312 g/mol. The number of aromatic nitrogens is 1. The normalized spacial score (nSPS) is 15.5. The molecule has 1 N–H and O–H groups in total. The summed E-state index contributed by atoms with van der Waals surface area (Å²) in [6.07, 6.45) is 5.76. The number of benzene rings is 1. The van der Waals surface area contributed by atoms with Crippen molar-refractivity contribution in [3.8, 4) is 5.75 Å². The lowest BCUT2D eigenvalue weighted by Gasteiger charge is -2.25. The van der Waals surface area contributed by atoms with Gasteiger partial charge in [0.05, 0.1) is 6.61 Å². The number of rotatable bonds is 6. The number of hydrogen-bond donors (Lipinski definition) is 1. The van der Waals surface area contributed by atoms with Gasteiger partial charge in [-0.25, -0.2) is 0 Å². The molecule has 0 saturated carbocycles. The average Bonchev–Trinajstić information content (AvgIpc) is 2.61. The molecule has 4 heteroatoms. The predicted octanol–water partition coefficient (Wildman–Crippen LogP) is 2.78. The van der Waals surface area contributed by atoms with Crippen LogP contribution >= 0.6 is 0 Å². The lowest BCUT2D eigenvalue weighted by molar-refractivity contribution is 0.296. The number of piperidine rings is 1. The summed E-state index contributed by atoms with van der Waals surface area (Å²) >= 11 is 0. The molecule has 0 radical (unpaired) electrons. The molecule has 0 aliphatic carbocycles. The fourth-order valence-corrected chi connectivity index (χ4v) is 3.07. The highest BCUT2D eigenvalue weighted by atomic mass is 16.5. The lowest BCUT2D eigenvalue weighted by Crippen LogP contribution is -2.34. The summed E-state index contributed by atoms with van der Waals surface area (Å²) in [7, 11) is 0. The summed E-state index contributed by atoms with van der Waals surface area (Å²) in [5, 5.41) is 3.33. The number of nitrogens with one attached hydrogen (secondary N) is 1. The molecule has 2 heterocycles. The molecule has 1 aromatic heterocycles. The number of pyridine rings is 1. The Labute approximate surface area is 137 Å². The fourth-order valence-electron chi connectivity index (χ4n) is 3.07. The van der Waals surface area contributed by atoms with Gasteiger partial charge in [0.15, 0.2) is 5.75 Å². The number of hydrogen-bond acceptors (Lipinski definition) is 3. The van der Waals surface area contributed by atoms with Crippen LogP contribution in [0.3, 0.4) is 0 Å². The zero-order chi connectivity index (χ0) is 15.9. The van der Waals surface area contributed by atoms with E-state index in [4.69, 9.17) is 4.74 Å². The molecular weight excluding hydrogens is 288 g/mol. The second kappa shape index (κ2) is 7.97. The first kappa shape index (κ1) is 15.8. The Kier molecular flexibility index (Phi) is 5.48. The molecule has 1 aliphatic rings. The molecule has 4 nitrogen and oxygen atoms in total. The molecule has 122 valence electrons. The summed E-state index contributed by atoms with van der Waals surface area (Å²) in [6.45, 7) is 2.51. The summed E-state index contributed by atoms with van der Waals surface area (Å²) in [5.41, 5.74) is 1.30. The minimum Gasteiger partial charge on any atom is -0.488 e. The third-order valence-corrected chi connectivity index (χ3v) is 4.35. The lowest BCUT2D eigenvalue weighted by atomic mass is 10.1. The van der Waals surface area contributed by atoms with Crippen molar-refractivity contribution in [2.75, 3.05) is 19.7 Å². The zero-order valence-corrected chi connectivity index (χ0v) is 13.4. The van der Waals surface area contributed by atoms with Crippen molar-refractivity contribution >= 4 is 0 Å². The van der Waals surface area contributed by atoms with Gasteiger partial charge in [0.2, 0.25) is 0 Å². The molecule has 23 heavy (non-hydrogen) atoms. The van der Waals surface area contributed by atoms with E-state index in [0.717, 1.165) is 38.8 Å². The minimum absolute atomic E-state index is 0.000823. The summed E-state index contributed by atoms with van der Waals surface area (Å²) < 4.78 is 7.58. The summed E-state index contributed by atoms with van der Waals surface area (Å²) in [6, 6.07) is 14.3. The number of aryl methyl sites for hydroxylation is 1. The van der Waals surface area contributed by atoms with Crippen LogP contribution in [0.25, 0.3) is 0 Å². The SMILES string of the molecule is O=c1c(OCCCc2ccccc2)cccn1C1CCNCC1. The van der Waals surface area contributed by atoms with Crippen LogP contribution in [0.15, 0.2) is 53.5 Å². The van der Waals surface area contributed by atoms with Crippen LogP contribution < -0.4 is 15.6 Å². The summed E-state index contributed by atoms with van der Waals surface area (Å²) in [4.78, 5) is 12.5. The van der Waals surface area contributed by atoms with Gasteiger partial charge in [0.1, 0.15) is 0 Å². The van der Waals surface area contributed by atoms with Gasteiger partial charge in [0, 0.05) is 12.2 Å². The van der Waals surface area contributed by atoms with Crippen molar-refractivity contribution < 1.29 is 4.74 Å². The standard InChI is InChI=1S/C19H24N2O2/c22-19-18(23-15-5-8-16-6-2-1-3-7-16)9-4-14-21(19)17-10-12-20-13-11-17/h1-4,6-7,9,14,17,20H,5,8,10-13,15H2. The van der Waals surface area contributed by atoms with E-state index in [1.165, 1.54) is 5.56 Å². The molecule has 1 aliphatic heterocycles. The van der Waals surface area contributed by atoms with E-state index in [2.05, 4.69) is 17.4 Å². The highest BCUT2D eigenvalue weighted by molar-refractivity contribution is 5.18. The van der Waals surface area contributed by atoms with Crippen LogP contribution in [0.5, 0.6) is 5.75 Å². The van der Waals surface area contributed by atoms with Gasteiger partial charge < -0.3 is 14.6 Å². The second-order valence-corrected chi connectivity index (χ2v) is 6.00. The first-order valence-electron chi connectivity index (χ1n) is 8.43. The summed E-state index contributed by atoms with van der Waals surface area (Å²) in [5.74, 6) is 0.471. The van der Waals surface area contributed by atoms with Crippen LogP contribution in [-0.2, 0) is 6.42 Å². The van der Waals surface area contributed by atoms with E-state index >= 15 is 0 Å². The molecule has 0 spiro atoms. The van der Waals surface area contributed by atoms with Gasteiger partial charge in [-0.05, 0) is 56.5 Å². The smallest absolute Gasteiger partial charge is 0.293 e. The van der Waals surface area contributed by atoms with Crippen molar-refractivity contribution in [1.29, 1.82) is 0 Å². The molecule has 0 atom stereocenters. The highest BCUT2D eigenvalue weighted by Gasteiger charge is 2.17. The van der Waals surface area contributed by atoms with Crippen LogP contribution in [0.1, 0.15) is 30.9 Å². The van der Waals surface area contributed by atoms with Crippen LogP contribution in [0.2, 0.25) is 0 Å². The highest BCUT2D eigenvalue weighted by Crippen LogP contribution is 2.17. The van der Waals surface area contributed by atoms with E-state index in [1.54, 1.807) is 6.07 Å². The van der Waals surface area contributed by atoms with Crippen molar-refractivity contribution in [2.45, 2.75) is 31.7 Å². The molecule has 1 saturated heterocycles. The van der Waals surface area contributed by atoms with Crippen molar-refractivity contribution in [3.63, 3.8) is 0 Å². The van der Waals surface area contributed by atoms with Crippen molar-refractivity contribution in [3.05, 3.63) is 64.6 Å². The first-order chi connectivity index (χ1) is 11.3. The zero-order valence-electron chi connectivity index (χ0n) is 13.4. The van der Waals surface area contributed by atoms with E-state index in [1.807, 2.05) is 35.0 Å². The monoisotopic (exact) mass is 312 g/mol. The molecule has 3 rings (SSSR count). The Morgan fingerprint density at radius 1 is 1.09 bits per heavy atom. The molecule has 0 amide bonds.